The zero-order valence-corrected chi connectivity index (χ0v) is 13.1. The predicted molar refractivity (Wildman–Crippen MR) is 86.4 cm³/mol. The lowest BCUT2D eigenvalue weighted by Crippen LogP contribution is -2.16. The van der Waals surface area contributed by atoms with Crippen molar-refractivity contribution in [3.8, 4) is 5.69 Å². The number of nitrogens with one attached hydrogen (secondary N) is 1. The zero-order valence-electron chi connectivity index (χ0n) is 13.1. The second kappa shape index (κ2) is 6.76. The van der Waals surface area contributed by atoms with E-state index in [-0.39, 0.29) is 0 Å². The number of para-hydroxylation sites is 1. The van der Waals surface area contributed by atoms with Gasteiger partial charge in [-0.3, -0.25) is 0 Å². The highest BCUT2D eigenvalue weighted by Gasteiger charge is 2.09. The molecule has 0 saturated heterocycles. The molecule has 2 aromatic rings. The minimum atomic E-state index is 0.763. The predicted octanol–water partition coefficient (Wildman–Crippen LogP) is 4.23. The summed E-state index contributed by atoms with van der Waals surface area (Å²) in [5.41, 5.74) is 5.28. The fourth-order valence-electron chi connectivity index (χ4n) is 2.60. The number of aryl methyl sites for hydroxylation is 1. The Balaban J connectivity index is 2.09. The average Bonchev–Trinajstić information content (AvgIpc) is 2.70. The molecule has 1 aromatic carbocycles. The van der Waals surface area contributed by atoms with E-state index in [1.54, 1.807) is 0 Å². The maximum Gasteiger partial charge on any atom is 0.0455 e. The molecule has 2 nitrogen and oxygen atoms in total. The van der Waals surface area contributed by atoms with Crippen molar-refractivity contribution in [3.63, 3.8) is 0 Å². The lowest BCUT2D eigenvalue weighted by Gasteiger charge is -2.10. The summed E-state index contributed by atoms with van der Waals surface area (Å²) in [5, 5.41) is 3.55. The molecule has 1 heterocycles. The van der Waals surface area contributed by atoms with Gasteiger partial charge in [-0.05, 0) is 56.5 Å². The highest BCUT2D eigenvalue weighted by atomic mass is 15.0. The van der Waals surface area contributed by atoms with Crippen molar-refractivity contribution in [3.05, 3.63) is 53.3 Å². The third-order valence-electron chi connectivity index (χ3n) is 3.76. The van der Waals surface area contributed by atoms with Crippen LogP contribution in [-0.4, -0.2) is 11.1 Å². The van der Waals surface area contributed by atoms with Gasteiger partial charge < -0.3 is 9.88 Å². The van der Waals surface area contributed by atoms with Crippen LogP contribution in [0.1, 0.15) is 37.2 Å². The standard InChI is InChI=1S/C18H26N2/c1-14(2)10-11-19-13-17-12-15(3)20(16(17)4)18-8-6-5-7-9-18/h5-9,12,14,19H,10-11,13H2,1-4H3. The minimum absolute atomic E-state index is 0.763. The van der Waals surface area contributed by atoms with Gasteiger partial charge in [0, 0.05) is 23.6 Å². The number of hydrogen-bond acceptors (Lipinski definition) is 1. The van der Waals surface area contributed by atoms with Crippen molar-refractivity contribution >= 4 is 0 Å². The van der Waals surface area contributed by atoms with E-state index in [9.17, 15) is 0 Å². The number of benzene rings is 1. The summed E-state index contributed by atoms with van der Waals surface area (Å²) in [7, 11) is 0. The third kappa shape index (κ3) is 3.51. The van der Waals surface area contributed by atoms with Gasteiger partial charge in [-0.25, -0.2) is 0 Å². The first kappa shape index (κ1) is 14.9. The van der Waals surface area contributed by atoms with E-state index in [1.807, 2.05) is 0 Å². The minimum Gasteiger partial charge on any atom is -0.318 e. The molecule has 0 fully saturated rings. The second-order valence-electron chi connectivity index (χ2n) is 5.93. The SMILES string of the molecule is Cc1cc(CNCCC(C)C)c(C)n1-c1ccccc1. The van der Waals surface area contributed by atoms with Gasteiger partial charge in [-0.1, -0.05) is 32.0 Å². The first-order chi connectivity index (χ1) is 9.59. The Morgan fingerprint density at radius 1 is 1.10 bits per heavy atom. The van der Waals surface area contributed by atoms with Crippen molar-refractivity contribution < 1.29 is 0 Å². The van der Waals surface area contributed by atoms with Gasteiger partial charge in [0.1, 0.15) is 0 Å². The summed E-state index contributed by atoms with van der Waals surface area (Å²) in [6.45, 7) is 11.0. The Kier molecular flexibility index (Phi) is 5.02. The second-order valence-corrected chi connectivity index (χ2v) is 5.93. The molecule has 0 radical (unpaired) electrons. The summed E-state index contributed by atoms with van der Waals surface area (Å²) < 4.78 is 2.33. The van der Waals surface area contributed by atoms with E-state index in [1.165, 1.54) is 29.1 Å². The summed E-state index contributed by atoms with van der Waals surface area (Å²) in [5.74, 6) is 0.763. The Morgan fingerprint density at radius 3 is 2.45 bits per heavy atom. The molecular formula is C18H26N2. The van der Waals surface area contributed by atoms with Gasteiger partial charge in [-0.2, -0.15) is 0 Å². The van der Waals surface area contributed by atoms with E-state index in [4.69, 9.17) is 0 Å². The molecule has 0 bridgehead atoms. The monoisotopic (exact) mass is 270 g/mol. The van der Waals surface area contributed by atoms with Crippen molar-refractivity contribution in [2.75, 3.05) is 6.54 Å². The molecule has 2 rings (SSSR count). The third-order valence-corrected chi connectivity index (χ3v) is 3.76. The molecule has 0 aliphatic rings. The van der Waals surface area contributed by atoms with Crippen LogP contribution in [0.15, 0.2) is 36.4 Å². The molecule has 1 aromatic heterocycles. The van der Waals surface area contributed by atoms with Crippen molar-refractivity contribution in [1.29, 1.82) is 0 Å². The van der Waals surface area contributed by atoms with Gasteiger partial charge in [-0.15, -0.1) is 0 Å². The summed E-state index contributed by atoms with van der Waals surface area (Å²) in [4.78, 5) is 0. The fraction of sp³-hybridized carbons (Fsp3) is 0.444. The molecule has 0 saturated carbocycles. The van der Waals surface area contributed by atoms with Gasteiger partial charge in [0.25, 0.3) is 0 Å². The number of rotatable bonds is 6. The Labute approximate surface area is 122 Å². The largest absolute Gasteiger partial charge is 0.318 e. The molecule has 20 heavy (non-hydrogen) atoms. The van der Waals surface area contributed by atoms with Crippen LogP contribution >= 0.6 is 0 Å². The maximum atomic E-state index is 3.55. The van der Waals surface area contributed by atoms with Gasteiger partial charge in [0.2, 0.25) is 0 Å². The van der Waals surface area contributed by atoms with Crippen LogP contribution in [-0.2, 0) is 6.54 Å². The van der Waals surface area contributed by atoms with E-state index in [0.717, 1.165) is 19.0 Å². The number of aromatic nitrogens is 1. The first-order valence-corrected chi connectivity index (χ1v) is 7.53. The molecule has 2 heteroatoms. The van der Waals surface area contributed by atoms with Crippen LogP contribution in [0.5, 0.6) is 0 Å². The average molecular weight is 270 g/mol. The van der Waals surface area contributed by atoms with Gasteiger partial charge >= 0.3 is 0 Å². The molecule has 108 valence electrons. The highest BCUT2D eigenvalue weighted by molar-refractivity contribution is 5.40. The Hall–Kier alpha value is -1.54. The van der Waals surface area contributed by atoms with Crippen molar-refractivity contribution in [2.45, 2.75) is 40.7 Å². The van der Waals surface area contributed by atoms with Crippen LogP contribution in [0.25, 0.3) is 5.69 Å². The van der Waals surface area contributed by atoms with Gasteiger partial charge in [0.15, 0.2) is 0 Å². The molecule has 0 aliphatic carbocycles. The number of nitrogens with zero attached hydrogens (tertiary/aromatic N) is 1. The first-order valence-electron chi connectivity index (χ1n) is 7.53. The van der Waals surface area contributed by atoms with Crippen LogP contribution in [0.3, 0.4) is 0 Å². The zero-order chi connectivity index (χ0) is 14.5. The lowest BCUT2D eigenvalue weighted by atomic mass is 10.1. The quantitative estimate of drug-likeness (QED) is 0.777. The maximum absolute atomic E-state index is 3.55. The molecule has 0 atom stereocenters. The summed E-state index contributed by atoms with van der Waals surface area (Å²) in [6.07, 6.45) is 1.23. The molecular weight excluding hydrogens is 244 g/mol. The fourth-order valence-corrected chi connectivity index (χ4v) is 2.60. The van der Waals surface area contributed by atoms with Crippen LogP contribution < -0.4 is 5.32 Å². The smallest absolute Gasteiger partial charge is 0.0455 e. The molecule has 0 aliphatic heterocycles. The van der Waals surface area contributed by atoms with Crippen LogP contribution in [0.2, 0.25) is 0 Å². The molecule has 0 amide bonds. The summed E-state index contributed by atoms with van der Waals surface area (Å²) in [6, 6.07) is 12.9. The van der Waals surface area contributed by atoms with Crippen molar-refractivity contribution in [1.82, 2.24) is 9.88 Å². The Morgan fingerprint density at radius 2 is 1.80 bits per heavy atom. The molecule has 1 N–H and O–H groups in total. The topological polar surface area (TPSA) is 17.0 Å². The van der Waals surface area contributed by atoms with E-state index >= 15 is 0 Å². The molecule has 0 spiro atoms. The number of hydrogen-bond donors (Lipinski definition) is 1. The van der Waals surface area contributed by atoms with Gasteiger partial charge in [0.05, 0.1) is 0 Å². The van der Waals surface area contributed by atoms with E-state index in [2.05, 4.69) is 74.0 Å². The van der Waals surface area contributed by atoms with Crippen molar-refractivity contribution in [2.24, 2.45) is 5.92 Å². The Bertz CT molecular complexity index is 538. The summed E-state index contributed by atoms with van der Waals surface area (Å²) >= 11 is 0. The lowest BCUT2D eigenvalue weighted by molar-refractivity contribution is 0.537. The normalized spacial score (nSPS) is 11.2. The highest BCUT2D eigenvalue weighted by Crippen LogP contribution is 2.20. The van der Waals surface area contributed by atoms with E-state index < -0.39 is 0 Å². The molecule has 0 unspecified atom stereocenters. The van der Waals surface area contributed by atoms with Crippen LogP contribution in [0, 0.1) is 19.8 Å². The van der Waals surface area contributed by atoms with E-state index in [0.29, 0.717) is 0 Å². The van der Waals surface area contributed by atoms with Crippen LogP contribution in [0.4, 0.5) is 0 Å².